The first kappa shape index (κ1) is 24.0. The lowest BCUT2D eigenvalue weighted by Crippen LogP contribution is -2.37. The molecule has 1 heterocycles. The number of urea groups is 1. The molecule has 0 aliphatic carbocycles. The van der Waals surface area contributed by atoms with E-state index < -0.39 is 0 Å². The SMILES string of the molecule is CNC(=O)c1cccc(CNC(=O)N(C)CCCCCc2cc(-c3cccc(F)c3)n[nH]2)c1. The Balaban J connectivity index is 1.35. The van der Waals surface area contributed by atoms with Gasteiger partial charge in [0.1, 0.15) is 5.82 Å². The summed E-state index contributed by atoms with van der Waals surface area (Å²) < 4.78 is 13.4. The minimum absolute atomic E-state index is 0.145. The number of rotatable bonds is 10. The van der Waals surface area contributed by atoms with Gasteiger partial charge in [0.25, 0.3) is 5.91 Å². The van der Waals surface area contributed by atoms with Crippen LogP contribution in [0.5, 0.6) is 0 Å². The molecule has 0 radical (unpaired) electrons. The third kappa shape index (κ3) is 7.17. The molecule has 0 aliphatic rings. The first-order valence-electron chi connectivity index (χ1n) is 11.1. The summed E-state index contributed by atoms with van der Waals surface area (Å²) in [5.74, 6) is -0.428. The molecule has 0 bridgehead atoms. The first-order chi connectivity index (χ1) is 16.0. The van der Waals surface area contributed by atoms with E-state index in [0.717, 1.165) is 48.2 Å². The molecule has 3 N–H and O–H groups in total. The van der Waals surface area contributed by atoms with Gasteiger partial charge in [0.15, 0.2) is 0 Å². The van der Waals surface area contributed by atoms with Crippen LogP contribution < -0.4 is 10.6 Å². The van der Waals surface area contributed by atoms with Gasteiger partial charge in [-0.15, -0.1) is 0 Å². The van der Waals surface area contributed by atoms with E-state index in [1.54, 1.807) is 43.3 Å². The summed E-state index contributed by atoms with van der Waals surface area (Å²) in [6, 6.07) is 15.4. The number of aryl methyl sites for hydroxylation is 1. The highest BCUT2D eigenvalue weighted by atomic mass is 19.1. The molecule has 3 amide bonds. The van der Waals surface area contributed by atoms with E-state index in [1.165, 1.54) is 12.1 Å². The maximum Gasteiger partial charge on any atom is 0.317 e. The maximum atomic E-state index is 13.4. The number of aromatic amines is 1. The van der Waals surface area contributed by atoms with E-state index in [9.17, 15) is 14.0 Å². The summed E-state index contributed by atoms with van der Waals surface area (Å²) >= 11 is 0. The van der Waals surface area contributed by atoms with Crippen molar-refractivity contribution in [1.82, 2.24) is 25.7 Å². The Morgan fingerprint density at radius 1 is 1.06 bits per heavy atom. The quantitative estimate of drug-likeness (QED) is 0.405. The van der Waals surface area contributed by atoms with E-state index in [2.05, 4.69) is 20.8 Å². The van der Waals surface area contributed by atoms with E-state index in [-0.39, 0.29) is 17.8 Å². The molecular weight excluding hydrogens is 421 g/mol. The summed E-state index contributed by atoms with van der Waals surface area (Å²) in [6.45, 7) is 1.02. The van der Waals surface area contributed by atoms with E-state index in [0.29, 0.717) is 18.7 Å². The van der Waals surface area contributed by atoms with Gasteiger partial charge in [0.2, 0.25) is 0 Å². The van der Waals surface area contributed by atoms with Crippen LogP contribution in [0.3, 0.4) is 0 Å². The average molecular weight is 452 g/mol. The van der Waals surface area contributed by atoms with Crippen LogP contribution in [-0.2, 0) is 13.0 Å². The lowest BCUT2D eigenvalue weighted by Gasteiger charge is -2.18. The molecule has 0 saturated heterocycles. The molecule has 7 nitrogen and oxygen atoms in total. The number of unbranched alkanes of at least 4 members (excludes halogenated alkanes) is 2. The van der Waals surface area contributed by atoms with Gasteiger partial charge in [-0.1, -0.05) is 30.7 Å². The van der Waals surface area contributed by atoms with Crippen LogP contribution in [0.15, 0.2) is 54.6 Å². The zero-order valence-corrected chi connectivity index (χ0v) is 19.0. The number of carbonyl (C=O) groups is 2. The van der Waals surface area contributed by atoms with Crippen LogP contribution >= 0.6 is 0 Å². The second-order valence-corrected chi connectivity index (χ2v) is 7.96. The summed E-state index contributed by atoms with van der Waals surface area (Å²) in [6.07, 6.45) is 3.67. The predicted molar refractivity (Wildman–Crippen MR) is 126 cm³/mol. The number of halogens is 1. The van der Waals surface area contributed by atoms with Gasteiger partial charge >= 0.3 is 6.03 Å². The minimum Gasteiger partial charge on any atom is -0.355 e. The zero-order valence-electron chi connectivity index (χ0n) is 19.0. The molecule has 33 heavy (non-hydrogen) atoms. The van der Waals surface area contributed by atoms with Gasteiger partial charge in [0, 0.05) is 44.0 Å². The molecule has 3 rings (SSSR count). The lowest BCUT2D eigenvalue weighted by atomic mass is 10.1. The summed E-state index contributed by atoms with van der Waals surface area (Å²) in [5.41, 5.74) is 3.94. The standard InChI is InChI=1S/C25H30FN5O2/c1-27-24(32)20-10-6-8-18(14-20)17-28-25(33)31(2)13-5-3-4-12-22-16-23(30-29-22)19-9-7-11-21(26)15-19/h6-11,14-16H,3-5,12-13,17H2,1-2H3,(H,27,32)(H,28,33)(H,29,30). The van der Waals surface area contributed by atoms with Gasteiger partial charge in [-0.2, -0.15) is 5.10 Å². The van der Waals surface area contributed by atoms with Crippen molar-refractivity contribution in [3.63, 3.8) is 0 Å². The monoisotopic (exact) mass is 451 g/mol. The Bertz CT molecular complexity index is 1080. The molecule has 2 aromatic carbocycles. The van der Waals surface area contributed by atoms with Gasteiger partial charge in [-0.05, 0) is 55.2 Å². The molecule has 1 aromatic heterocycles. The Hall–Kier alpha value is -3.68. The molecule has 174 valence electrons. The van der Waals surface area contributed by atoms with Crippen molar-refractivity contribution in [1.29, 1.82) is 0 Å². The van der Waals surface area contributed by atoms with Crippen molar-refractivity contribution in [3.8, 4) is 11.3 Å². The lowest BCUT2D eigenvalue weighted by molar-refractivity contribution is 0.0963. The molecule has 0 aliphatic heterocycles. The van der Waals surface area contributed by atoms with Gasteiger partial charge in [0.05, 0.1) is 5.69 Å². The predicted octanol–water partition coefficient (Wildman–Crippen LogP) is 4.13. The van der Waals surface area contributed by atoms with E-state index in [1.807, 2.05) is 18.2 Å². The minimum atomic E-state index is -0.275. The topological polar surface area (TPSA) is 90.1 Å². The number of nitrogens with zero attached hydrogens (tertiary/aromatic N) is 2. The normalized spacial score (nSPS) is 10.6. The van der Waals surface area contributed by atoms with Crippen LogP contribution in [0.25, 0.3) is 11.3 Å². The van der Waals surface area contributed by atoms with E-state index in [4.69, 9.17) is 0 Å². The van der Waals surface area contributed by atoms with Crippen molar-refractivity contribution < 1.29 is 14.0 Å². The van der Waals surface area contributed by atoms with Crippen molar-refractivity contribution in [2.75, 3.05) is 20.6 Å². The number of benzene rings is 2. The molecule has 3 aromatic rings. The third-order valence-corrected chi connectivity index (χ3v) is 5.40. The molecule has 0 fully saturated rings. The average Bonchev–Trinajstić information content (AvgIpc) is 3.31. The number of hydrogen-bond acceptors (Lipinski definition) is 3. The largest absolute Gasteiger partial charge is 0.355 e. The van der Waals surface area contributed by atoms with Crippen molar-refractivity contribution in [2.24, 2.45) is 0 Å². The second-order valence-electron chi connectivity index (χ2n) is 7.96. The smallest absolute Gasteiger partial charge is 0.317 e. The number of H-pyrrole nitrogens is 1. The van der Waals surface area contributed by atoms with Crippen molar-refractivity contribution in [3.05, 3.63) is 77.2 Å². The number of amides is 3. The fraction of sp³-hybridized carbons (Fsp3) is 0.320. The molecular formula is C25H30FN5O2. The Labute approximate surface area is 193 Å². The van der Waals surface area contributed by atoms with Gasteiger partial charge in [-0.3, -0.25) is 9.89 Å². The number of aromatic nitrogens is 2. The van der Waals surface area contributed by atoms with Crippen molar-refractivity contribution in [2.45, 2.75) is 32.2 Å². The Morgan fingerprint density at radius 3 is 2.67 bits per heavy atom. The van der Waals surface area contributed by atoms with Crippen LogP contribution in [0, 0.1) is 5.82 Å². The Morgan fingerprint density at radius 2 is 1.88 bits per heavy atom. The van der Waals surface area contributed by atoms with Crippen LogP contribution in [0.1, 0.15) is 40.9 Å². The summed E-state index contributed by atoms with van der Waals surface area (Å²) in [4.78, 5) is 25.7. The molecule has 0 unspecified atom stereocenters. The molecule has 0 spiro atoms. The summed E-state index contributed by atoms with van der Waals surface area (Å²) in [7, 11) is 3.36. The third-order valence-electron chi connectivity index (χ3n) is 5.40. The number of nitrogens with one attached hydrogen (secondary N) is 3. The van der Waals surface area contributed by atoms with Crippen LogP contribution in [0.4, 0.5) is 9.18 Å². The van der Waals surface area contributed by atoms with Gasteiger partial charge in [-0.25, -0.2) is 9.18 Å². The van der Waals surface area contributed by atoms with Gasteiger partial charge < -0.3 is 15.5 Å². The molecule has 0 saturated carbocycles. The fourth-order valence-corrected chi connectivity index (χ4v) is 3.51. The molecule has 8 heteroatoms. The molecule has 0 atom stereocenters. The number of carbonyl (C=O) groups excluding carboxylic acids is 2. The fourth-order valence-electron chi connectivity index (χ4n) is 3.51. The van der Waals surface area contributed by atoms with Crippen molar-refractivity contribution >= 4 is 11.9 Å². The summed E-state index contributed by atoms with van der Waals surface area (Å²) in [5, 5.41) is 12.8. The highest BCUT2D eigenvalue weighted by molar-refractivity contribution is 5.94. The maximum absolute atomic E-state index is 13.4. The van der Waals surface area contributed by atoms with Crippen LogP contribution in [-0.4, -0.2) is 47.7 Å². The zero-order chi connectivity index (χ0) is 23.6. The highest BCUT2D eigenvalue weighted by Crippen LogP contribution is 2.19. The highest BCUT2D eigenvalue weighted by Gasteiger charge is 2.09. The first-order valence-corrected chi connectivity index (χ1v) is 11.1. The van der Waals surface area contributed by atoms with E-state index >= 15 is 0 Å². The second kappa shape index (κ2) is 11.8. The number of hydrogen-bond donors (Lipinski definition) is 3. The van der Waals surface area contributed by atoms with Crippen LogP contribution in [0.2, 0.25) is 0 Å². The Kier molecular flexibility index (Phi) is 8.57.